The molecule has 0 bridgehead atoms. The lowest BCUT2D eigenvalue weighted by molar-refractivity contribution is 0.188. The number of halogens is 1. The minimum absolute atomic E-state index is 0.496. The summed E-state index contributed by atoms with van der Waals surface area (Å²) < 4.78 is 11.2. The SMILES string of the molecule is COc1cc(C(O)c2occc2Br)ccc1C. The Bertz CT molecular complexity index is 519. The van der Waals surface area contributed by atoms with Gasteiger partial charge in [-0.3, -0.25) is 0 Å². The van der Waals surface area contributed by atoms with Crippen molar-refractivity contribution in [1.29, 1.82) is 0 Å². The minimum atomic E-state index is -0.797. The molecule has 0 aliphatic heterocycles. The van der Waals surface area contributed by atoms with Crippen molar-refractivity contribution in [2.45, 2.75) is 13.0 Å². The van der Waals surface area contributed by atoms with E-state index in [0.29, 0.717) is 5.76 Å². The number of rotatable bonds is 3. The van der Waals surface area contributed by atoms with Gasteiger partial charge in [0.05, 0.1) is 17.8 Å². The van der Waals surface area contributed by atoms with Gasteiger partial charge in [0.15, 0.2) is 5.76 Å². The molecule has 90 valence electrons. The fraction of sp³-hybridized carbons (Fsp3) is 0.231. The van der Waals surface area contributed by atoms with E-state index in [-0.39, 0.29) is 0 Å². The topological polar surface area (TPSA) is 42.6 Å². The van der Waals surface area contributed by atoms with Gasteiger partial charge >= 0.3 is 0 Å². The van der Waals surface area contributed by atoms with E-state index < -0.39 is 6.10 Å². The summed E-state index contributed by atoms with van der Waals surface area (Å²) >= 11 is 3.33. The molecule has 0 radical (unpaired) electrons. The number of ether oxygens (including phenoxy) is 1. The first-order valence-corrected chi connectivity index (χ1v) is 5.98. The number of aliphatic hydroxyl groups excluding tert-OH is 1. The molecule has 4 heteroatoms. The molecule has 1 heterocycles. The normalized spacial score (nSPS) is 12.5. The summed E-state index contributed by atoms with van der Waals surface area (Å²) in [7, 11) is 1.61. The Morgan fingerprint density at radius 2 is 2.12 bits per heavy atom. The third kappa shape index (κ3) is 2.37. The first kappa shape index (κ1) is 12.2. The quantitative estimate of drug-likeness (QED) is 0.943. The zero-order chi connectivity index (χ0) is 12.4. The van der Waals surface area contributed by atoms with Crippen LogP contribution in [0.3, 0.4) is 0 Å². The molecule has 1 unspecified atom stereocenters. The molecule has 0 aliphatic carbocycles. The van der Waals surface area contributed by atoms with Crippen LogP contribution in [-0.2, 0) is 0 Å². The number of aliphatic hydroxyl groups is 1. The van der Waals surface area contributed by atoms with Crippen LogP contribution in [0.15, 0.2) is 39.4 Å². The van der Waals surface area contributed by atoms with Crippen molar-refractivity contribution in [3.63, 3.8) is 0 Å². The third-order valence-electron chi connectivity index (χ3n) is 2.64. The molecule has 1 atom stereocenters. The van der Waals surface area contributed by atoms with E-state index in [1.165, 1.54) is 6.26 Å². The predicted octanol–water partition coefficient (Wildman–Crippen LogP) is 3.44. The maximum absolute atomic E-state index is 10.2. The van der Waals surface area contributed by atoms with Crippen LogP contribution in [0, 0.1) is 6.92 Å². The average molecular weight is 297 g/mol. The van der Waals surface area contributed by atoms with Crippen LogP contribution >= 0.6 is 15.9 Å². The maximum Gasteiger partial charge on any atom is 0.150 e. The zero-order valence-corrected chi connectivity index (χ0v) is 11.2. The lowest BCUT2D eigenvalue weighted by atomic mass is 10.0. The van der Waals surface area contributed by atoms with Gasteiger partial charge in [-0.1, -0.05) is 12.1 Å². The van der Waals surface area contributed by atoms with Crippen LogP contribution in [-0.4, -0.2) is 12.2 Å². The van der Waals surface area contributed by atoms with E-state index in [1.54, 1.807) is 13.2 Å². The first-order valence-electron chi connectivity index (χ1n) is 5.19. The van der Waals surface area contributed by atoms with Crippen LogP contribution in [0.5, 0.6) is 5.75 Å². The van der Waals surface area contributed by atoms with E-state index in [2.05, 4.69) is 15.9 Å². The Morgan fingerprint density at radius 1 is 1.35 bits per heavy atom. The van der Waals surface area contributed by atoms with E-state index in [4.69, 9.17) is 9.15 Å². The highest BCUT2D eigenvalue weighted by Gasteiger charge is 2.18. The second kappa shape index (κ2) is 4.94. The largest absolute Gasteiger partial charge is 0.496 e. The fourth-order valence-corrected chi connectivity index (χ4v) is 2.08. The smallest absolute Gasteiger partial charge is 0.150 e. The molecular weight excluding hydrogens is 284 g/mol. The molecule has 0 saturated carbocycles. The molecule has 1 N–H and O–H groups in total. The van der Waals surface area contributed by atoms with Gasteiger partial charge in [0.25, 0.3) is 0 Å². The van der Waals surface area contributed by atoms with Gasteiger partial charge in [-0.2, -0.15) is 0 Å². The van der Waals surface area contributed by atoms with Crippen molar-refractivity contribution >= 4 is 15.9 Å². The highest BCUT2D eigenvalue weighted by Crippen LogP contribution is 2.31. The van der Waals surface area contributed by atoms with Crippen LogP contribution in [0.25, 0.3) is 0 Å². The van der Waals surface area contributed by atoms with Gasteiger partial charge in [0.1, 0.15) is 11.9 Å². The minimum Gasteiger partial charge on any atom is -0.496 e. The number of hydrogen-bond acceptors (Lipinski definition) is 3. The van der Waals surface area contributed by atoms with Crippen LogP contribution < -0.4 is 4.74 Å². The fourth-order valence-electron chi connectivity index (χ4n) is 1.66. The van der Waals surface area contributed by atoms with Crippen molar-refractivity contribution in [3.8, 4) is 5.75 Å². The van der Waals surface area contributed by atoms with E-state index in [0.717, 1.165) is 21.3 Å². The van der Waals surface area contributed by atoms with Gasteiger partial charge in [-0.25, -0.2) is 0 Å². The third-order valence-corrected chi connectivity index (χ3v) is 3.30. The van der Waals surface area contributed by atoms with E-state index >= 15 is 0 Å². The summed E-state index contributed by atoms with van der Waals surface area (Å²) in [4.78, 5) is 0. The monoisotopic (exact) mass is 296 g/mol. The van der Waals surface area contributed by atoms with Gasteiger partial charge in [-0.05, 0) is 46.1 Å². The van der Waals surface area contributed by atoms with Crippen LogP contribution in [0.2, 0.25) is 0 Å². The van der Waals surface area contributed by atoms with Crippen LogP contribution in [0.4, 0.5) is 0 Å². The number of hydrogen-bond donors (Lipinski definition) is 1. The molecule has 17 heavy (non-hydrogen) atoms. The second-order valence-electron chi connectivity index (χ2n) is 3.76. The molecule has 0 amide bonds. The molecule has 0 aliphatic rings. The van der Waals surface area contributed by atoms with Crippen molar-refractivity contribution in [2.75, 3.05) is 7.11 Å². The molecule has 1 aromatic carbocycles. The summed E-state index contributed by atoms with van der Waals surface area (Å²) in [6.07, 6.45) is 0.738. The number of methoxy groups -OCH3 is 1. The maximum atomic E-state index is 10.2. The highest BCUT2D eigenvalue weighted by atomic mass is 79.9. The molecule has 2 rings (SSSR count). The average Bonchev–Trinajstić information content (AvgIpc) is 2.75. The Morgan fingerprint density at radius 3 is 2.71 bits per heavy atom. The van der Waals surface area contributed by atoms with Crippen molar-refractivity contribution < 1.29 is 14.3 Å². The summed E-state index contributed by atoms with van der Waals surface area (Å²) in [5.41, 5.74) is 1.77. The second-order valence-corrected chi connectivity index (χ2v) is 4.62. The Balaban J connectivity index is 2.38. The summed E-state index contributed by atoms with van der Waals surface area (Å²) in [6.45, 7) is 1.96. The number of aryl methyl sites for hydroxylation is 1. The van der Waals surface area contributed by atoms with Crippen molar-refractivity contribution in [2.24, 2.45) is 0 Å². The lowest BCUT2D eigenvalue weighted by Crippen LogP contribution is -2.00. The van der Waals surface area contributed by atoms with E-state index in [9.17, 15) is 5.11 Å². The Kier molecular flexibility index (Phi) is 3.54. The lowest BCUT2D eigenvalue weighted by Gasteiger charge is -2.12. The van der Waals surface area contributed by atoms with Gasteiger partial charge in [0.2, 0.25) is 0 Å². The van der Waals surface area contributed by atoms with E-state index in [1.807, 2.05) is 25.1 Å². The first-order chi connectivity index (χ1) is 8.13. The molecule has 1 aromatic heterocycles. The van der Waals surface area contributed by atoms with Gasteiger partial charge in [-0.15, -0.1) is 0 Å². The standard InChI is InChI=1S/C13H13BrO3/c1-8-3-4-9(7-11(8)16-2)12(15)13-10(14)5-6-17-13/h3-7,12,15H,1-2H3. The molecule has 0 saturated heterocycles. The number of furan rings is 1. The van der Waals surface area contributed by atoms with Gasteiger partial charge < -0.3 is 14.3 Å². The molecule has 0 fully saturated rings. The molecular formula is C13H13BrO3. The highest BCUT2D eigenvalue weighted by molar-refractivity contribution is 9.10. The Hall–Kier alpha value is -1.26. The van der Waals surface area contributed by atoms with Crippen molar-refractivity contribution in [1.82, 2.24) is 0 Å². The molecule has 3 nitrogen and oxygen atoms in total. The zero-order valence-electron chi connectivity index (χ0n) is 9.61. The summed E-state index contributed by atoms with van der Waals surface area (Å²) in [5, 5.41) is 10.2. The molecule has 2 aromatic rings. The van der Waals surface area contributed by atoms with Crippen LogP contribution in [0.1, 0.15) is 23.0 Å². The number of benzene rings is 1. The summed E-state index contributed by atoms with van der Waals surface area (Å²) in [5.74, 6) is 1.25. The Labute approximate surface area is 108 Å². The summed E-state index contributed by atoms with van der Waals surface area (Å²) in [6, 6.07) is 7.34. The molecule has 0 spiro atoms. The van der Waals surface area contributed by atoms with Gasteiger partial charge in [0, 0.05) is 0 Å². The van der Waals surface area contributed by atoms with Crippen molar-refractivity contribution in [3.05, 3.63) is 51.9 Å². The predicted molar refractivity (Wildman–Crippen MR) is 68.2 cm³/mol.